The van der Waals surface area contributed by atoms with Crippen molar-refractivity contribution in [3.8, 4) is 11.4 Å². The van der Waals surface area contributed by atoms with Gasteiger partial charge in [-0.25, -0.2) is 4.98 Å². The molecular formula is C7H5N2. The summed E-state index contributed by atoms with van der Waals surface area (Å²) in [4.78, 5) is 6.93. The largest absolute Gasteiger partial charge is 0.346 e. The number of fused-ring (bicyclic) bond motifs is 1. The van der Waals surface area contributed by atoms with Crippen LogP contribution in [0.15, 0.2) is 24.4 Å². The molecule has 43 valence electrons. The van der Waals surface area contributed by atoms with Gasteiger partial charge in [0.2, 0.25) is 0 Å². The number of aromatic nitrogens is 2. The Labute approximate surface area is 52.9 Å². The zero-order chi connectivity index (χ0) is 6.10. The standard InChI is InChI=1S/C7H5N2/c1-2-6-3-5-9-7(6)8-4-1/h1-4H,(H,8,9). The fourth-order valence-corrected chi connectivity index (χ4v) is 0.821. The molecule has 2 nitrogen and oxygen atoms in total. The van der Waals surface area contributed by atoms with Crippen molar-refractivity contribution in [1.82, 2.24) is 9.97 Å². The highest BCUT2D eigenvalue weighted by molar-refractivity contribution is 5.55. The van der Waals surface area contributed by atoms with Gasteiger partial charge in [-0.2, -0.15) is 0 Å². The zero-order valence-electron chi connectivity index (χ0n) is 4.76. The molecule has 0 saturated carbocycles. The Kier molecular flexibility index (Phi) is 0.803. The van der Waals surface area contributed by atoms with Crippen LogP contribution in [0.3, 0.4) is 0 Å². The lowest BCUT2D eigenvalue weighted by Gasteiger charge is -1.91. The summed E-state index contributed by atoms with van der Waals surface area (Å²) in [7, 11) is 0. The van der Waals surface area contributed by atoms with E-state index >= 15 is 0 Å². The molecule has 1 N–H and O–H groups in total. The molecule has 2 rings (SSSR count). The van der Waals surface area contributed by atoms with E-state index in [1.807, 2.05) is 24.4 Å². The van der Waals surface area contributed by atoms with E-state index in [0.29, 0.717) is 0 Å². The van der Waals surface area contributed by atoms with Crippen LogP contribution in [-0.2, 0) is 0 Å². The summed E-state index contributed by atoms with van der Waals surface area (Å²) in [5.41, 5.74) is 1.11. The Balaban J connectivity index is 2.79. The van der Waals surface area contributed by atoms with E-state index in [9.17, 15) is 0 Å². The van der Waals surface area contributed by atoms with Gasteiger partial charge in [0.15, 0.2) is 0 Å². The van der Waals surface area contributed by atoms with Gasteiger partial charge in [0.1, 0.15) is 5.82 Å². The van der Waals surface area contributed by atoms with Crippen LogP contribution in [0.2, 0.25) is 0 Å². The number of nitrogens with one attached hydrogen (secondary N) is 1. The molecule has 2 aliphatic rings. The lowest BCUT2D eigenvalue weighted by atomic mass is 10.3. The Morgan fingerprint density at radius 3 is 3.44 bits per heavy atom. The number of hydrogen-bond acceptors (Lipinski definition) is 1. The molecule has 0 unspecified atom stereocenters. The number of aromatic amines is 1. The van der Waals surface area contributed by atoms with Gasteiger partial charge in [0, 0.05) is 11.8 Å². The third-order valence-corrected chi connectivity index (χ3v) is 1.26. The average Bonchev–Trinajstić information content (AvgIpc) is 2.33. The molecule has 0 fully saturated rings. The highest BCUT2D eigenvalue weighted by Gasteiger charge is 1.98. The van der Waals surface area contributed by atoms with Crippen LogP contribution in [0.25, 0.3) is 11.4 Å². The predicted octanol–water partition coefficient (Wildman–Crippen LogP) is 1.31. The smallest absolute Gasteiger partial charge is 0.138 e. The van der Waals surface area contributed by atoms with Crippen LogP contribution in [-0.4, -0.2) is 9.97 Å². The van der Waals surface area contributed by atoms with Crippen molar-refractivity contribution < 1.29 is 0 Å². The highest BCUT2D eigenvalue weighted by atomic mass is 14.9. The molecule has 0 aliphatic carbocycles. The minimum atomic E-state index is 0.900. The topological polar surface area (TPSA) is 28.7 Å². The Morgan fingerprint density at radius 2 is 2.56 bits per heavy atom. The quantitative estimate of drug-likeness (QED) is 0.553. The summed E-state index contributed by atoms with van der Waals surface area (Å²) in [6.07, 6.45) is 4.61. The number of H-pyrrole nitrogens is 1. The first-order chi connectivity index (χ1) is 4.47. The monoisotopic (exact) mass is 117 g/mol. The van der Waals surface area contributed by atoms with Gasteiger partial charge in [0.05, 0.1) is 6.20 Å². The zero-order valence-corrected chi connectivity index (χ0v) is 4.76. The van der Waals surface area contributed by atoms with Crippen molar-refractivity contribution in [2.45, 2.75) is 0 Å². The van der Waals surface area contributed by atoms with Gasteiger partial charge in [0.25, 0.3) is 0 Å². The van der Waals surface area contributed by atoms with Gasteiger partial charge in [-0.15, -0.1) is 0 Å². The molecule has 2 heterocycles. The van der Waals surface area contributed by atoms with E-state index < -0.39 is 0 Å². The number of hydrogen-bond donors (Lipinski definition) is 1. The number of rotatable bonds is 0. The Hall–Kier alpha value is -1.31. The summed E-state index contributed by atoms with van der Waals surface area (Å²) < 4.78 is 0. The molecule has 0 amide bonds. The summed E-state index contributed by atoms with van der Waals surface area (Å²) >= 11 is 0. The minimum absolute atomic E-state index is 0.900. The van der Waals surface area contributed by atoms with Crippen LogP contribution in [0.5, 0.6) is 0 Å². The Morgan fingerprint density at radius 1 is 1.56 bits per heavy atom. The van der Waals surface area contributed by atoms with Gasteiger partial charge in [-0.1, -0.05) is 0 Å². The van der Waals surface area contributed by atoms with E-state index in [4.69, 9.17) is 0 Å². The summed E-state index contributed by atoms with van der Waals surface area (Å²) in [5, 5.41) is 0. The fraction of sp³-hybridized carbons (Fsp3) is 0. The molecule has 0 spiro atoms. The number of nitrogens with zero attached hydrogens (tertiary/aromatic N) is 1. The van der Waals surface area contributed by atoms with Crippen LogP contribution in [0.1, 0.15) is 0 Å². The number of pyridine rings is 1. The van der Waals surface area contributed by atoms with Crippen LogP contribution in [0, 0.1) is 6.20 Å². The van der Waals surface area contributed by atoms with Gasteiger partial charge in [-0.3, -0.25) is 0 Å². The molecule has 2 aliphatic heterocycles. The molecule has 1 radical (unpaired) electrons. The first kappa shape index (κ1) is 4.56. The second-order valence-corrected chi connectivity index (χ2v) is 1.86. The maximum atomic E-state index is 3.94. The fourth-order valence-electron chi connectivity index (χ4n) is 0.821. The maximum Gasteiger partial charge on any atom is 0.138 e. The van der Waals surface area contributed by atoms with Crippen LogP contribution < -0.4 is 0 Å². The summed E-state index contributed by atoms with van der Waals surface area (Å²) in [6.45, 7) is 0. The maximum absolute atomic E-state index is 3.94. The highest BCUT2D eigenvalue weighted by Crippen LogP contribution is 2.13. The van der Waals surface area contributed by atoms with Crippen LogP contribution >= 0.6 is 0 Å². The van der Waals surface area contributed by atoms with E-state index in [2.05, 4.69) is 16.2 Å². The molecule has 9 heavy (non-hydrogen) atoms. The first-order valence-electron chi connectivity index (χ1n) is 2.77. The molecule has 0 aromatic rings. The van der Waals surface area contributed by atoms with Gasteiger partial charge in [-0.05, 0) is 18.2 Å². The van der Waals surface area contributed by atoms with E-state index in [-0.39, 0.29) is 0 Å². The molecule has 2 heteroatoms. The van der Waals surface area contributed by atoms with E-state index in [1.165, 1.54) is 0 Å². The minimum Gasteiger partial charge on any atom is -0.346 e. The molecule has 0 atom stereocenters. The van der Waals surface area contributed by atoms with Crippen molar-refractivity contribution in [2.75, 3.05) is 0 Å². The predicted molar refractivity (Wildman–Crippen MR) is 34.0 cm³/mol. The molecular weight excluding hydrogens is 112 g/mol. The van der Waals surface area contributed by atoms with Crippen molar-refractivity contribution in [1.29, 1.82) is 0 Å². The van der Waals surface area contributed by atoms with Gasteiger partial charge >= 0.3 is 0 Å². The van der Waals surface area contributed by atoms with Crippen LogP contribution in [0.4, 0.5) is 0 Å². The SMILES string of the molecule is [c]1cc2ccc[nH]c-2n1. The van der Waals surface area contributed by atoms with E-state index in [0.717, 1.165) is 11.4 Å². The molecule has 0 bridgehead atoms. The summed E-state index contributed by atoms with van der Waals surface area (Å²) in [6, 6.07) is 5.79. The second kappa shape index (κ2) is 1.58. The van der Waals surface area contributed by atoms with E-state index in [1.54, 1.807) is 0 Å². The van der Waals surface area contributed by atoms with Crippen molar-refractivity contribution >= 4 is 0 Å². The molecule has 0 saturated heterocycles. The summed E-state index contributed by atoms with van der Waals surface area (Å²) in [5.74, 6) is 0.900. The van der Waals surface area contributed by atoms with Crippen molar-refractivity contribution in [3.05, 3.63) is 30.6 Å². The normalized spacial score (nSPS) is 10.2. The average molecular weight is 117 g/mol. The molecule has 0 aromatic heterocycles. The third kappa shape index (κ3) is 0.598. The van der Waals surface area contributed by atoms with Gasteiger partial charge < -0.3 is 4.98 Å². The van der Waals surface area contributed by atoms with Crippen molar-refractivity contribution in [2.24, 2.45) is 0 Å². The molecule has 0 aromatic carbocycles. The Bertz CT molecular complexity index is 247. The lowest BCUT2D eigenvalue weighted by Crippen LogP contribution is -1.78. The third-order valence-electron chi connectivity index (χ3n) is 1.26. The first-order valence-corrected chi connectivity index (χ1v) is 2.77. The lowest BCUT2D eigenvalue weighted by molar-refractivity contribution is 1.23. The second-order valence-electron chi connectivity index (χ2n) is 1.86. The van der Waals surface area contributed by atoms with Crippen molar-refractivity contribution in [3.63, 3.8) is 0 Å².